The summed E-state index contributed by atoms with van der Waals surface area (Å²) in [6.07, 6.45) is 0. The maximum Gasteiger partial charge on any atom is 0.0713 e. The highest BCUT2D eigenvalue weighted by Crippen LogP contribution is 2.56. The molecule has 0 aromatic heterocycles. The standard InChI is InChI=1S/C53H37N/c1-4-18-44(19-5-1)53(45-20-6-2-7-21-45)51-26-13-12-25-49(51)50-34-31-43(37-52(50)53)39-29-32-47(33-30-39)54(46-22-8-3-9-23-46)48-24-14-17-41(36-48)42-28-27-38-15-10-11-16-40(38)35-42/h1-37H. The fourth-order valence-electron chi connectivity index (χ4n) is 8.64. The van der Waals surface area contributed by atoms with Crippen molar-refractivity contribution >= 4 is 27.8 Å². The number of fused-ring (bicyclic) bond motifs is 4. The van der Waals surface area contributed by atoms with E-state index in [4.69, 9.17) is 0 Å². The van der Waals surface area contributed by atoms with Gasteiger partial charge in [0.15, 0.2) is 0 Å². The quantitative estimate of drug-likeness (QED) is 0.161. The molecule has 54 heavy (non-hydrogen) atoms. The lowest BCUT2D eigenvalue weighted by Crippen LogP contribution is -2.28. The fourth-order valence-corrected chi connectivity index (χ4v) is 8.64. The van der Waals surface area contributed by atoms with Crippen molar-refractivity contribution in [3.8, 4) is 33.4 Å². The molecule has 1 heteroatoms. The molecule has 0 atom stereocenters. The van der Waals surface area contributed by atoms with E-state index < -0.39 is 5.41 Å². The Morgan fingerprint density at radius 2 is 0.796 bits per heavy atom. The Labute approximate surface area is 317 Å². The van der Waals surface area contributed by atoms with E-state index in [1.54, 1.807) is 0 Å². The monoisotopic (exact) mass is 687 g/mol. The van der Waals surface area contributed by atoms with Crippen LogP contribution in [0.1, 0.15) is 22.3 Å². The van der Waals surface area contributed by atoms with E-state index in [2.05, 4.69) is 229 Å². The van der Waals surface area contributed by atoms with Crippen LogP contribution in [0.2, 0.25) is 0 Å². The molecule has 10 rings (SSSR count). The Bertz CT molecular complexity index is 2710. The van der Waals surface area contributed by atoms with Crippen molar-refractivity contribution in [2.24, 2.45) is 0 Å². The average molecular weight is 688 g/mol. The first kappa shape index (κ1) is 31.7. The molecule has 0 aliphatic heterocycles. The Morgan fingerprint density at radius 3 is 1.54 bits per heavy atom. The lowest BCUT2D eigenvalue weighted by molar-refractivity contribution is 0.769. The SMILES string of the molecule is c1ccc(N(c2ccc(-c3ccc4c(c3)C(c3ccccc3)(c3ccccc3)c3ccccc3-4)cc2)c2cccc(-c3ccc4ccccc4c3)c2)cc1. The number of rotatable bonds is 7. The maximum absolute atomic E-state index is 2.44. The fraction of sp³-hybridized carbons (Fsp3) is 0.0189. The zero-order valence-electron chi connectivity index (χ0n) is 29.8. The van der Waals surface area contributed by atoms with Crippen molar-refractivity contribution in [2.75, 3.05) is 4.90 Å². The number of hydrogen-bond donors (Lipinski definition) is 0. The molecule has 254 valence electrons. The molecule has 0 amide bonds. The summed E-state index contributed by atoms with van der Waals surface area (Å²) in [4.78, 5) is 2.35. The molecule has 0 heterocycles. The van der Waals surface area contributed by atoms with Gasteiger partial charge < -0.3 is 4.90 Å². The van der Waals surface area contributed by atoms with Gasteiger partial charge in [-0.2, -0.15) is 0 Å². The molecule has 0 bridgehead atoms. The van der Waals surface area contributed by atoms with Gasteiger partial charge in [-0.25, -0.2) is 0 Å². The number of hydrogen-bond acceptors (Lipinski definition) is 1. The van der Waals surface area contributed by atoms with Crippen LogP contribution in [0.5, 0.6) is 0 Å². The molecule has 0 saturated heterocycles. The van der Waals surface area contributed by atoms with Crippen LogP contribution in [0.3, 0.4) is 0 Å². The largest absolute Gasteiger partial charge is 0.310 e. The molecule has 0 fully saturated rings. The van der Waals surface area contributed by atoms with Crippen molar-refractivity contribution in [1.82, 2.24) is 0 Å². The summed E-state index contributed by atoms with van der Waals surface area (Å²) in [5.74, 6) is 0. The van der Waals surface area contributed by atoms with Crippen LogP contribution in [0.15, 0.2) is 224 Å². The first-order chi connectivity index (χ1) is 26.8. The third-order valence-electron chi connectivity index (χ3n) is 11.1. The van der Waals surface area contributed by atoms with Gasteiger partial charge in [-0.15, -0.1) is 0 Å². The number of nitrogens with zero attached hydrogens (tertiary/aromatic N) is 1. The molecule has 0 N–H and O–H groups in total. The summed E-state index contributed by atoms with van der Waals surface area (Å²) in [5.41, 5.74) is 15.5. The van der Waals surface area contributed by atoms with E-state index >= 15 is 0 Å². The second kappa shape index (κ2) is 13.2. The van der Waals surface area contributed by atoms with Gasteiger partial charge in [0.25, 0.3) is 0 Å². The van der Waals surface area contributed by atoms with Crippen molar-refractivity contribution in [2.45, 2.75) is 5.41 Å². The highest BCUT2D eigenvalue weighted by molar-refractivity contribution is 5.90. The predicted octanol–water partition coefficient (Wildman–Crippen LogP) is 14.0. The minimum absolute atomic E-state index is 0.426. The van der Waals surface area contributed by atoms with E-state index in [0.717, 1.165) is 17.1 Å². The lowest BCUT2D eigenvalue weighted by atomic mass is 9.67. The van der Waals surface area contributed by atoms with Gasteiger partial charge in [-0.3, -0.25) is 0 Å². The van der Waals surface area contributed by atoms with E-state index in [0.29, 0.717) is 0 Å². The first-order valence-electron chi connectivity index (χ1n) is 18.7. The van der Waals surface area contributed by atoms with Crippen LogP contribution >= 0.6 is 0 Å². The van der Waals surface area contributed by atoms with Crippen molar-refractivity contribution in [3.63, 3.8) is 0 Å². The van der Waals surface area contributed by atoms with Crippen LogP contribution in [0.4, 0.5) is 17.1 Å². The minimum Gasteiger partial charge on any atom is -0.310 e. The molecule has 0 unspecified atom stereocenters. The molecule has 0 radical (unpaired) electrons. The van der Waals surface area contributed by atoms with E-state index in [9.17, 15) is 0 Å². The predicted molar refractivity (Wildman–Crippen MR) is 227 cm³/mol. The van der Waals surface area contributed by atoms with Crippen molar-refractivity contribution in [3.05, 3.63) is 247 Å². The van der Waals surface area contributed by atoms with E-state index in [1.807, 2.05) is 0 Å². The zero-order chi connectivity index (χ0) is 35.9. The van der Waals surface area contributed by atoms with Gasteiger partial charge in [0.1, 0.15) is 0 Å². The summed E-state index contributed by atoms with van der Waals surface area (Å²) in [7, 11) is 0. The molecule has 1 aliphatic rings. The highest BCUT2D eigenvalue weighted by atomic mass is 15.1. The normalized spacial score (nSPS) is 12.6. The Balaban J connectivity index is 1.07. The average Bonchev–Trinajstić information content (AvgIpc) is 3.55. The number of anilines is 3. The third-order valence-corrected chi connectivity index (χ3v) is 11.1. The first-order valence-corrected chi connectivity index (χ1v) is 18.7. The topological polar surface area (TPSA) is 3.24 Å². The van der Waals surface area contributed by atoms with Crippen LogP contribution in [0.25, 0.3) is 44.2 Å². The molecule has 9 aromatic rings. The summed E-state index contributed by atoms with van der Waals surface area (Å²) in [6.45, 7) is 0. The summed E-state index contributed by atoms with van der Waals surface area (Å²) >= 11 is 0. The van der Waals surface area contributed by atoms with Crippen LogP contribution in [-0.2, 0) is 5.41 Å². The maximum atomic E-state index is 2.44. The molecular formula is C53H37N. The summed E-state index contributed by atoms with van der Waals surface area (Å²) in [6, 6.07) is 81.9. The van der Waals surface area contributed by atoms with Gasteiger partial charge in [0.2, 0.25) is 0 Å². The molecular weight excluding hydrogens is 651 g/mol. The third kappa shape index (κ3) is 5.25. The second-order valence-electron chi connectivity index (χ2n) is 14.1. The van der Waals surface area contributed by atoms with Crippen molar-refractivity contribution in [1.29, 1.82) is 0 Å². The smallest absolute Gasteiger partial charge is 0.0713 e. The minimum atomic E-state index is -0.426. The van der Waals surface area contributed by atoms with E-state index in [1.165, 1.54) is 66.4 Å². The molecule has 9 aromatic carbocycles. The van der Waals surface area contributed by atoms with Gasteiger partial charge in [-0.05, 0) is 115 Å². The van der Waals surface area contributed by atoms with Gasteiger partial charge in [-0.1, -0.05) is 176 Å². The van der Waals surface area contributed by atoms with Crippen LogP contribution < -0.4 is 4.90 Å². The summed E-state index contributed by atoms with van der Waals surface area (Å²) in [5, 5.41) is 2.50. The second-order valence-corrected chi connectivity index (χ2v) is 14.1. The molecule has 1 aliphatic carbocycles. The molecule has 1 nitrogen and oxygen atoms in total. The van der Waals surface area contributed by atoms with Crippen LogP contribution in [0, 0.1) is 0 Å². The van der Waals surface area contributed by atoms with Gasteiger partial charge in [0, 0.05) is 17.1 Å². The number of benzene rings is 9. The highest BCUT2D eigenvalue weighted by Gasteiger charge is 2.46. The lowest BCUT2D eigenvalue weighted by Gasteiger charge is -2.34. The number of para-hydroxylation sites is 1. The molecule has 0 spiro atoms. The Hall–Kier alpha value is -6.96. The van der Waals surface area contributed by atoms with Crippen molar-refractivity contribution < 1.29 is 0 Å². The van der Waals surface area contributed by atoms with E-state index in [-0.39, 0.29) is 0 Å². The van der Waals surface area contributed by atoms with Crippen LogP contribution in [-0.4, -0.2) is 0 Å². The zero-order valence-corrected chi connectivity index (χ0v) is 29.8. The Kier molecular flexibility index (Phi) is 7.78. The van der Waals surface area contributed by atoms with Gasteiger partial charge >= 0.3 is 0 Å². The summed E-state index contributed by atoms with van der Waals surface area (Å²) < 4.78 is 0. The van der Waals surface area contributed by atoms with Gasteiger partial charge in [0.05, 0.1) is 5.41 Å². The Morgan fingerprint density at radius 1 is 0.278 bits per heavy atom. The molecule has 0 saturated carbocycles.